The fourth-order valence-electron chi connectivity index (χ4n) is 2.65. The Morgan fingerprint density at radius 1 is 1.22 bits per heavy atom. The van der Waals surface area contributed by atoms with Gasteiger partial charge < -0.3 is 15.6 Å². The molecule has 2 saturated heterocycles. The standard InChI is InChI=1S/C12H23N3O3/c13-12(11(16)17)2-1-3-15(10-12)5-4-14-6-8-18-9-7-14/h1-10,13H2,(H,16,17). The highest BCUT2D eigenvalue weighted by Crippen LogP contribution is 2.18. The van der Waals surface area contributed by atoms with Crippen molar-refractivity contribution in [1.29, 1.82) is 0 Å². The molecule has 6 heteroatoms. The van der Waals surface area contributed by atoms with Crippen molar-refractivity contribution in [2.24, 2.45) is 5.73 Å². The van der Waals surface area contributed by atoms with Crippen molar-refractivity contribution in [2.75, 3.05) is 52.5 Å². The van der Waals surface area contributed by atoms with Crippen molar-refractivity contribution in [2.45, 2.75) is 18.4 Å². The van der Waals surface area contributed by atoms with Crippen LogP contribution in [0.4, 0.5) is 0 Å². The van der Waals surface area contributed by atoms with E-state index in [1.807, 2.05) is 0 Å². The molecule has 3 N–H and O–H groups in total. The van der Waals surface area contributed by atoms with Crippen LogP contribution in [0.5, 0.6) is 0 Å². The van der Waals surface area contributed by atoms with E-state index in [2.05, 4.69) is 9.80 Å². The molecule has 2 aliphatic rings. The number of hydrogen-bond donors (Lipinski definition) is 2. The van der Waals surface area contributed by atoms with Crippen LogP contribution in [0.25, 0.3) is 0 Å². The van der Waals surface area contributed by atoms with Gasteiger partial charge in [-0.25, -0.2) is 0 Å². The number of carbonyl (C=O) groups is 1. The van der Waals surface area contributed by atoms with Crippen LogP contribution in [0, 0.1) is 0 Å². The van der Waals surface area contributed by atoms with Crippen LogP contribution in [0.3, 0.4) is 0 Å². The summed E-state index contributed by atoms with van der Waals surface area (Å²) in [5.74, 6) is -0.876. The molecular formula is C12H23N3O3. The Balaban J connectivity index is 1.77. The van der Waals surface area contributed by atoms with Crippen LogP contribution in [0.15, 0.2) is 0 Å². The predicted octanol–water partition coefficient (Wildman–Crippen LogP) is -0.803. The molecule has 2 heterocycles. The fourth-order valence-corrected chi connectivity index (χ4v) is 2.65. The second-order valence-electron chi connectivity index (χ2n) is 5.30. The molecule has 2 aliphatic heterocycles. The minimum atomic E-state index is -1.05. The first-order valence-electron chi connectivity index (χ1n) is 6.65. The van der Waals surface area contributed by atoms with Gasteiger partial charge in [0.1, 0.15) is 5.54 Å². The third kappa shape index (κ3) is 3.41. The number of nitrogens with two attached hydrogens (primary N) is 1. The van der Waals surface area contributed by atoms with Crippen LogP contribution in [0.2, 0.25) is 0 Å². The van der Waals surface area contributed by atoms with Gasteiger partial charge in [-0.05, 0) is 19.4 Å². The molecule has 6 nitrogen and oxygen atoms in total. The summed E-state index contributed by atoms with van der Waals surface area (Å²) in [6.07, 6.45) is 1.45. The molecule has 104 valence electrons. The molecule has 0 amide bonds. The highest BCUT2D eigenvalue weighted by Gasteiger charge is 2.38. The lowest BCUT2D eigenvalue weighted by atomic mass is 9.90. The van der Waals surface area contributed by atoms with Crippen LogP contribution in [-0.4, -0.2) is 78.9 Å². The van der Waals surface area contributed by atoms with Gasteiger partial charge in [-0.1, -0.05) is 0 Å². The monoisotopic (exact) mass is 257 g/mol. The van der Waals surface area contributed by atoms with Gasteiger partial charge in [-0.2, -0.15) is 0 Å². The molecule has 0 aromatic heterocycles. The largest absolute Gasteiger partial charge is 0.480 e. The first-order chi connectivity index (χ1) is 8.60. The Morgan fingerprint density at radius 2 is 1.89 bits per heavy atom. The summed E-state index contributed by atoms with van der Waals surface area (Å²) >= 11 is 0. The highest BCUT2D eigenvalue weighted by atomic mass is 16.5. The normalized spacial score (nSPS) is 31.4. The molecule has 0 saturated carbocycles. The van der Waals surface area contributed by atoms with Gasteiger partial charge >= 0.3 is 5.97 Å². The number of rotatable bonds is 4. The van der Waals surface area contributed by atoms with Gasteiger partial charge in [0.15, 0.2) is 0 Å². The first-order valence-corrected chi connectivity index (χ1v) is 6.65. The van der Waals surface area contributed by atoms with Crippen molar-refractivity contribution in [3.8, 4) is 0 Å². The molecule has 0 spiro atoms. The molecule has 0 radical (unpaired) electrons. The third-order valence-corrected chi connectivity index (χ3v) is 3.87. The average molecular weight is 257 g/mol. The number of nitrogens with zero attached hydrogens (tertiary/aromatic N) is 2. The number of carboxylic acids is 1. The number of carboxylic acid groups (broad SMARTS) is 1. The summed E-state index contributed by atoms with van der Waals surface area (Å²) in [5, 5.41) is 9.15. The molecule has 0 bridgehead atoms. The molecule has 1 unspecified atom stereocenters. The third-order valence-electron chi connectivity index (χ3n) is 3.87. The fraction of sp³-hybridized carbons (Fsp3) is 0.917. The summed E-state index contributed by atoms with van der Waals surface area (Å²) in [6, 6.07) is 0. The van der Waals surface area contributed by atoms with Crippen molar-refractivity contribution in [1.82, 2.24) is 9.80 Å². The minimum Gasteiger partial charge on any atom is -0.480 e. The van der Waals surface area contributed by atoms with Crippen LogP contribution in [-0.2, 0) is 9.53 Å². The lowest BCUT2D eigenvalue weighted by Crippen LogP contribution is -2.60. The lowest BCUT2D eigenvalue weighted by molar-refractivity contribution is -0.145. The van der Waals surface area contributed by atoms with E-state index in [1.165, 1.54) is 0 Å². The second-order valence-corrected chi connectivity index (χ2v) is 5.30. The SMILES string of the molecule is NC1(C(=O)O)CCCN(CCN2CCOCC2)C1. The van der Waals surface area contributed by atoms with Gasteiger partial charge in [0.2, 0.25) is 0 Å². The quantitative estimate of drug-likeness (QED) is 0.686. The molecule has 1 atom stereocenters. The highest BCUT2D eigenvalue weighted by molar-refractivity contribution is 5.78. The number of morpholine rings is 1. The zero-order valence-corrected chi connectivity index (χ0v) is 10.8. The zero-order chi connectivity index (χ0) is 13.0. The predicted molar refractivity (Wildman–Crippen MR) is 67.5 cm³/mol. The molecule has 2 fully saturated rings. The van der Waals surface area contributed by atoms with Crippen LogP contribution >= 0.6 is 0 Å². The molecule has 18 heavy (non-hydrogen) atoms. The van der Waals surface area contributed by atoms with E-state index in [9.17, 15) is 4.79 Å². The topological polar surface area (TPSA) is 79.0 Å². The Labute approximate surface area is 108 Å². The van der Waals surface area contributed by atoms with E-state index < -0.39 is 11.5 Å². The lowest BCUT2D eigenvalue weighted by Gasteiger charge is -2.38. The van der Waals surface area contributed by atoms with Crippen molar-refractivity contribution in [3.63, 3.8) is 0 Å². The van der Waals surface area contributed by atoms with Crippen molar-refractivity contribution in [3.05, 3.63) is 0 Å². The molecule has 0 aromatic rings. The Hall–Kier alpha value is -0.690. The summed E-state index contributed by atoms with van der Waals surface area (Å²) in [5.41, 5.74) is 4.87. The second kappa shape index (κ2) is 5.97. The maximum Gasteiger partial charge on any atom is 0.325 e. The first kappa shape index (κ1) is 13.7. The van der Waals surface area contributed by atoms with E-state index in [-0.39, 0.29) is 0 Å². The molecule has 2 rings (SSSR count). The van der Waals surface area contributed by atoms with E-state index in [0.29, 0.717) is 13.0 Å². The van der Waals surface area contributed by atoms with Crippen LogP contribution < -0.4 is 5.73 Å². The average Bonchev–Trinajstić information content (AvgIpc) is 2.38. The van der Waals surface area contributed by atoms with Gasteiger partial charge in [-0.15, -0.1) is 0 Å². The van der Waals surface area contributed by atoms with E-state index in [4.69, 9.17) is 15.6 Å². The van der Waals surface area contributed by atoms with Gasteiger partial charge in [0, 0.05) is 32.7 Å². The van der Waals surface area contributed by atoms with Gasteiger partial charge in [0.05, 0.1) is 13.2 Å². The van der Waals surface area contributed by atoms with Crippen molar-refractivity contribution < 1.29 is 14.6 Å². The van der Waals surface area contributed by atoms with Gasteiger partial charge in [0.25, 0.3) is 0 Å². The van der Waals surface area contributed by atoms with E-state index >= 15 is 0 Å². The number of aliphatic carboxylic acids is 1. The van der Waals surface area contributed by atoms with Crippen molar-refractivity contribution >= 4 is 5.97 Å². The molecule has 0 aliphatic carbocycles. The van der Waals surface area contributed by atoms with E-state index in [1.54, 1.807) is 0 Å². The zero-order valence-electron chi connectivity index (χ0n) is 10.8. The Bertz CT molecular complexity index is 294. The summed E-state index contributed by atoms with van der Waals surface area (Å²) in [4.78, 5) is 15.7. The van der Waals surface area contributed by atoms with Crippen LogP contribution in [0.1, 0.15) is 12.8 Å². The Kier molecular flexibility index (Phi) is 4.55. The smallest absolute Gasteiger partial charge is 0.325 e. The number of hydrogen-bond acceptors (Lipinski definition) is 5. The van der Waals surface area contributed by atoms with Gasteiger partial charge in [-0.3, -0.25) is 14.6 Å². The summed E-state index contributed by atoms with van der Waals surface area (Å²) in [7, 11) is 0. The van der Waals surface area contributed by atoms with E-state index in [0.717, 1.165) is 52.4 Å². The minimum absolute atomic E-state index is 0.465. The maximum atomic E-state index is 11.1. The number of ether oxygens (including phenoxy) is 1. The molecule has 0 aromatic carbocycles. The number of piperidine rings is 1. The Morgan fingerprint density at radius 3 is 2.56 bits per heavy atom. The molecular weight excluding hydrogens is 234 g/mol. The maximum absolute atomic E-state index is 11.1. The summed E-state index contributed by atoms with van der Waals surface area (Å²) in [6.45, 7) is 6.83. The summed E-state index contributed by atoms with van der Waals surface area (Å²) < 4.78 is 5.30. The number of likely N-dealkylation sites (tertiary alicyclic amines) is 1.